The first kappa shape index (κ1) is 14.4. The fourth-order valence-corrected chi connectivity index (χ4v) is 2.98. The zero-order valence-corrected chi connectivity index (χ0v) is 12.4. The predicted octanol–water partition coefficient (Wildman–Crippen LogP) is 3.09. The van der Waals surface area contributed by atoms with Gasteiger partial charge < -0.3 is 5.73 Å². The van der Waals surface area contributed by atoms with Gasteiger partial charge in [0.25, 0.3) is 0 Å². The number of hydrogen-bond acceptors (Lipinski definition) is 3. The van der Waals surface area contributed by atoms with Gasteiger partial charge in [-0.25, -0.2) is 4.39 Å². The highest BCUT2D eigenvalue weighted by Crippen LogP contribution is 2.25. The number of likely N-dealkylation sites (tertiary alicyclic amines) is 1. The molecule has 1 aliphatic heterocycles. The SMILES string of the molecule is Nc1ccn(C2CCN(Cc3cc(F)ccc3Cl)CC2)n1. The molecule has 0 aliphatic carbocycles. The first-order valence-electron chi connectivity index (χ1n) is 7.09. The van der Waals surface area contributed by atoms with Crippen molar-refractivity contribution in [1.82, 2.24) is 14.7 Å². The van der Waals surface area contributed by atoms with Gasteiger partial charge in [-0.05, 0) is 42.7 Å². The van der Waals surface area contributed by atoms with Crippen molar-refractivity contribution in [1.29, 1.82) is 0 Å². The Kier molecular flexibility index (Phi) is 4.12. The standard InChI is InChI=1S/C15H18ClFN4/c16-14-2-1-12(17)9-11(14)10-20-6-3-13(4-7-20)21-8-5-15(18)19-21/h1-2,5,8-9,13H,3-4,6-7,10H2,(H2,18,19). The summed E-state index contributed by atoms with van der Waals surface area (Å²) >= 11 is 6.12. The molecule has 3 rings (SSSR count). The normalized spacial score (nSPS) is 17.2. The lowest BCUT2D eigenvalue weighted by molar-refractivity contribution is 0.173. The molecule has 0 spiro atoms. The summed E-state index contributed by atoms with van der Waals surface area (Å²) in [5.74, 6) is 0.320. The third-order valence-corrected chi connectivity index (χ3v) is 4.33. The van der Waals surface area contributed by atoms with Crippen LogP contribution in [-0.4, -0.2) is 27.8 Å². The van der Waals surface area contributed by atoms with E-state index in [4.69, 9.17) is 17.3 Å². The quantitative estimate of drug-likeness (QED) is 0.948. The van der Waals surface area contributed by atoms with Crippen LogP contribution in [0, 0.1) is 5.82 Å². The van der Waals surface area contributed by atoms with Crippen molar-refractivity contribution >= 4 is 17.4 Å². The number of hydrogen-bond donors (Lipinski definition) is 1. The van der Waals surface area contributed by atoms with Gasteiger partial charge in [-0.2, -0.15) is 5.10 Å². The molecule has 2 heterocycles. The second-order valence-corrected chi connectivity index (χ2v) is 5.87. The molecular weight excluding hydrogens is 291 g/mol. The molecule has 112 valence electrons. The number of nitrogens with two attached hydrogens (primary N) is 1. The number of nitrogens with zero attached hydrogens (tertiary/aromatic N) is 3. The van der Waals surface area contributed by atoms with Crippen molar-refractivity contribution in [3.63, 3.8) is 0 Å². The summed E-state index contributed by atoms with van der Waals surface area (Å²) in [6.45, 7) is 2.57. The van der Waals surface area contributed by atoms with Crippen molar-refractivity contribution in [3.05, 3.63) is 46.9 Å². The molecule has 1 aromatic heterocycles. The zero-order chi connectivity index (χ0) is 14.8. The highest BCUT2D eigenvalue weighted by atomic mass is 35.5. The van der Waals surface area contributed by atoms with Crippen molar-refractivity contribution in [2.45, 2.75) is 25.4 Å². The van der Waals surface area contributed by atoms with Crippen LogP contribution in [-0.2, 0) is 6.54 Å². The van der Waals surface area contributed by atoms with E-state index in [9.17, 15) is 4.39 Å². The summed E-state index contributed by atoms with van der Waals surface area (Å²) in [6, 6.07) is 6.73. The zero-order valence-electron chi connectivity index (χ0n) is 11.7. The molecule has 1 aliphatic rings. The second-order valence-electron chi connectivity index (χ2n) is 5.46. The van der Waals surface area contributed by atoms with Crippen molar-refractivity contribution < 1.29 is 4.39 Å². The highest BCUT2D eigenvalue weighted by molar-refractivity contribution is 6.31. The maximum Gasteiger partial charge on any atom is 0.145 e. The number of anilines is 1. The number of rotatable bonds is 3. The number of nitrogen functional groups attached to an aromatic ring is 1. The van der Waals surface area contributed by atoms with Gasteiger partial charge in [-0.1, -0.05) is 11.6 Å². The summed E-state index contributed by atoms with van der Waals surface area (Å²) < 4.78 is 15.2. The third kappa shape index (κ3) is 3.36. The van der Waals surface area contributed by atoms with Gasteiger partial charge >= 0.3 is 0 Å². The van der Waals surface area contributed by atoms with E-state index in [1.54, 1.807) is 6.07 Å². The molecule has 1 fully saturated rings. The third-order valence-electron chi connectivity index (χ3n) is 3.96. The van der Waals surface area contributed by atoms with Crippen molar-refractivity contribution in [3.8, 4) is 0 Å². The Morgan fingerprint density at radius 1 is 1.29 bits per heavy atom. The Bertz CT molecular complexity index is 620. The number of benzene rings is 1. The molecule has 6 heteroatoms. The average Bonchev–Trinajstić information content (AvgIpc) is 2.90. The molecule has 1 aromatic carbocycles. The van der Waals surface area contributed by atoms with Gasteiger partial charge in [0.1, 0.15) is 11.6 Å². The van der Waals surface area contributed by atoms with Crippen LogP contribution in [0.4, 0.5) is 10.2 Å². The topological polar surface area (TPSA) is 47.1 Å². The molecule has 2 N–H and O–H groups in total. The van der Waals surface area contributed by atoms with Gasteiger partial charge in [-0.3, -0.25) is 9.58 Å². The van der Waals surface area contributed by atoms with E-state index >= 15 is 0 Å². The van der Waals surface area contributed by atoms with Gasteiger partial charge in [0, 0.05) is 30.9 Å². The van der Waals surface area contributed by atoms with Crippen LogP contribution >= 0.6 is 11.6 Å². The lowest BCUT2D eigenvalue weighted by Crippen LogP contribution is -2.34. The molecule has 4 nitrogen and oxygen atoms in total. The summed E-state index contributed by atoms with van der Waals surface area (Å²) in [7, 11) is 0. The Hall–Kier alpha value is -1.59. The van der Waals surface area contributed by atoms with Crippen LogP contribution in [0.3, 0.4) is 0 Å². The number of halogens is 2. The lowest BCUT2D eigenvalue weighted by atomic mass is 10.0. The lowest BCUT2D eigenvalue weighted by Gasteiger charge is -2.32. The monoisotopic (exact) mass is 308 g/mol. The van der Waals surface area contributed by atoms with Crippen molar-refractivity contribution in [2.75, 3.05) is 18.8 Å². The maximum atomic E-state index is 13.3. The molecular formula is C15H18ClFN4. The minimum absolute atomic E-state index is 0.240. The smallest absolute Gasteiger partial charge is 0.145 e. The van der Waals surface area contributed by atoms with Crippen LogP contribution in [0.1, 0.15) is 24.4 Å². The van der Waals surface area contributed by atoms with Crippen LogP contribution in [0.2, 0.25) is 5.02 Å². The predicted molar refractivity (Wildman–Crippen MR) is 81.6 cm³/mol. The molecule has 1 saturated heterocycles. The molecule has 2 aromatic rings. The van der Waals surface area contributed by atoms with Crippen LogP contribution in [0.25, 0.3) is 0 Å². The number of piperidine rings is 1. The molecule has 0 atom stereocenters. The molecule has 0 saturated carbocycles. The summed E-state index contributed by atoms with van der Waals surface area (Å²) in [5, 5.41) is 4.90. The summed E-state index contributed by atoms with van der Waals surface area (Å²) in [6.07, 6.45) is 3.95. The average molecular weight is 309 g/mol. The van der Waals surface area contributed by atoms with E-state index in [0.29, 0.717) is 23.4 Å². The molecule has 0 unspecified atom stereocenters. The fourth-order valence-electron chi connectivity index (χ4n) is 2.80. The maximum absolute atomic E-state index is 13.3. The Balaban J connectivity index is 1.60. The first-order chi connectivity index (χ1) is 10.1. The van der Waals surface area contributed by atoms with Crippen LogP contribution < -0.4 is 5.73 Å². The van der Waals surface area contributed by atoms with Gasteiger partial charge in [-0.15, -0.1) is 0 Å². The van der Waals surface area contributed by atoms with E-state index in [1.807, 2.05) is 16.9 Å². The van der Waals surface area contributed by atoms with E-state index in [-0.39, 0.29) is 5.82 Å². The highest BCUT2D eigenvalue weighted by Gasteiger charge is 2.21. The largest absolute Gasteiger partial charge is 0.382 e. The molecule has 0 amide bonds. The van der Waals surface area contributed by atoms with E-state index in [0.717, 1.165) is 31.5 Å². The Morgan fingerprint density at radius 2 is 2.05 bits per heavy atom. The fraction of sp³-hybridized carbons (Fsp3) is 0.400. The minimum Gasteiger partial charge on any atom is -0.382 e. The molecule has 0 bridgehead atoms. The van der Waals surface area contributed by atoms with Gasteiger partial charge in [0.2, 0.25) is 0 Å². The second kappa shape index (κ2) is 6.03. The Morgan fingerprint density at radius 3 is 2.71 bits per heavy atom. The first-order valence-corrected chi connectivity index (χ1v) is 7.46. The van der Waals surface area contributed by atoms with E-state index in [1.165, 1.54) is 12.1 Å². The number of aromatic nitrogens is 2. The molecule has 21 heavy (non-hydrogen) atoms. The summed E-state index contributed by atoms with van der Waals surface area (Å²) in [4.78, 5) is 2.30. The Labute approximate surface area is 128 Å². The van der Waals surface area contributed by atoms with Crippen LogP contribution in [0.5, 0.6) is 0 Å². The van der Waals surface area contributed by atoms with Crippen LogP contribution in [0.15, 0.2) is 30.5 Å². The van der Waals surface area contributed by atoms with E-state index in [2.05, 4.69) is 10.00 Å². The summed E-state index contributed by atoms with van der Waals surface area (Å²) in [5.41, 5.74) is 6.50. The van der Waals surface area contributed by atoms with Crippen molar-refractivity contribution in [2.24, 2.45) is 0 Å². The van der Waals surface area contributed by atoms with E-state index < -0.39 is 0 Å². The van der Waals surface area contributed by atoms with Gasteiger partial charge in [0.15, 0.2) is 0 Å². The minimum atomic E-state index is -0.240. The molecule has 0 radical (unpaired) electrons. The van der Waals surface area contributed by atoms with Gasteiger partial charge in [0.05, 0.1) is 6.04 Å².